The second kappa shape index (κ2) is 8.13. The zero-order chi connectivity index (χ0) is 20.5. The summed E-state index contributed by atoms with van der Waals surface area (Å²) in [5, 5.41) is 1.35. The molecule has 0 atom stereocenters. The Bertz CT molecular complexity index is 1130. The van der Waals surface area contributed by atoms with Crippen LogP contribution < -0.4 is 4.90 Å². The van der Waals surface area contributed by atoms with Gasteiger partial charge in [0.15, 0.2) is 0 Å². The van der Waals surface area contributed by atoms with Crippen molar-refractivity contribution >= 4 is 44.7 Å². The fourth-order valence-corrected chi connectivity index (χ4v) is 4.96. The Labute approximate surface area is 181 Å². The average Bonchev–Trinajstić information content (AvgIpc) is 3.05. The second-order valence-corrected chi connectivity index (χ2v) is 8.93. The molecule has 0 unspecified atom stereocenters. The molecule has 0 amide bonds. The lowest BCUT2D eigenvalue weighted by atomic mass is 9.97. The van der Waals surface area contributed by atoms with Crippen molar-refractivity contribution in [1.82, 2.24) is 9.97 Å². The van der Waals surface area contributed by atoms with Gasteiger partial charge in [-0.05, 0) is 54.6 Å². The number of aryl methyl sites for hydroxylation is 1. The Morgan fingerprint density at radius 2 is 1.69 bits per heavy atom. The molecule has 0 bridgehead atoms. The minimum atomic E-state index is 0.282. The number of anilines is 2. The topological polar surface area (TPSA) is 29.0 Å². The normalized spacial score (nSPS) is 11.4. The molecule has 2 aromatic carbocycles. The highest BCUT2D eigenvalue weighted by atomic mass is 35.5. The molecule has 5 heteroatoms. The third-order valence-corrected chi connectivity index (χ3v) is 6.36. The zero-order valence-corrected chi connectivity index (χ0v) is 18.7. The molecule has 0 saturated carbocycles. The van der Waals surface area contributed by atoms with Gasteiger partial charge in [0.2, 0.25) is 5.28 Å². The molecule has 4 aromatic rings. The van der Waals surface area contributed by atoms with Crippen LogP contribution in [0.3, 0.4) is 0 Å². The Hall–Kier alpha value is -2.43. The summed E-state index contributed by atoms with van der Waals surface area (Å²) in [4.78, 5) is 13.6. The van der Waals surface area contributed by atoms with Crippen LogP contribution in [0.5, 0.6) is 0 Å². The number of aromatic nitrogens is 2. The molecule has 2 heterocycles. The van der Waals surface area contributed by atoms with Gasteiger partial charge in [0.25, 0.3) is 0 Å². The van der Waals surface area contributed by atoms with Crippen molar-refractivity contribution in [2.24, 2.45) is 0 Å². The summed E-state index contributed by atoms with van der Waals surface area (Å²) >= 11 is 8.01. The Morgan fingerprint density at radius 3 is 2.31 bits per heavy atom. The first kappa shape index (κ1) is 19.9. The largest absolute Gasteiger partial charge is 0.326 e. The number of hydrogen-bond donors (Lipinski definition) is 0. The first-order chi connectivity index (χ1) is 14.0. The summed E-state index contributed by atoms with van der Waals surface area (Å²) in [5.41, 5.74) is 4.82. The average molecular weight is 422 g/mol. The van der Waals surface area contributed by atoms with Gasteiger partial charge in [0.1, 0.15) is 10.6 Å². The third-order valence-electron chi connectivity index (χ3n) is 5.19. The van der Waals surface area contributed by atoms with Crippen molar-refractivity contribution in [1.29, 1.82) is 0 Å². The van der Waals surface area contributed by atoms with Crippen LogP contribution in [-0.2, 0) is 0 Å². The van der Waals surface area contributed by atoms with E-state index in [2.05, 4.69) is 79.0 Å². The van der Waals surface area contributed by atoms with E-state index in [0.717, 1.165) is 28.3 Å². The van der Waals surface area contributed by atoms with Crippen LogP contribution in [-0.4, -0.2) is 16.5 Å². The molecule has 3 nitrogen and oxygen atoms in total. The summed E-state index contributed by atoms with van der Waals surface area (Å²) in [5.74, 6) is 1.37. The smallest absolute Gasteiger partial charge is 0.225 e. The van der Waals surface area contributed by atoms with Crippen molar-refractivity contribution in [2.45, 2.75) is 33.6 Å². The lowest BCUT2D eigenvalue weighted by molar-refractivity contribution is 0.867. The van der Waals surface area contributed by atoms with Crippen molar-refractivity contribution in [3.8, 4) is 11.1 Å². The van der Waals surface area contributed by atoms with Gasteiger partial charge in [0.05, 0.1) is 5.39 Å². The summed E-state index contributed by atoms with van der Waals surface area (Å²) < 4.78 is 0. The summed E-state index contributed by atoms with van der Waals surface area (Å²) in [6.07, 6.45) is 0. The second-order valence-electron chi connectivity index (χ2n) is 7.39. The number of para-hydroxylation sites is 1. The van der Waals surface area contributed by atoms with Gasteiger partial charge in [-0.3, -0.25) is 0 Å². The molecule has 4 rings (SSSR count). The highest BCUT2D eigenvalue weighted by molar-refractivity contribution is 7.19. The fraction of sp³-hybridized carbons (Fsp3) is 0.250. The molecule has 0 aliphatic rings. The summed E-state index contributed by atoms with van der Waals surface area (Å²) in [7, 11) is 0. The van der Waals surface area contributed by atoms with E-state index >= 15 is 0 Å². The minimum Gasteiger partial charge on any atom is -0.326 e. The molecule has 0 aliphatic carbocycles. The number of fused-ring (bicyclic) bond motifs is 1. The van der Waals surface area contributed by atoms with Crippen LogP contribution in [0, 0.1) is 6.92 Å². The molecular weight excluding hydrogens is 398 g/mol. The number of halogens is 1. The SMILES string of the molecule is CCN(c1ccccc1)c1nc(Cl)nc2sc(C)c(-c3ccc(C(C)C)cc3)c12. The number of rotatable bonds is 5. The van der Waals surface area contributed by atoms with Gasteiger partial charge >= 0.3 is 0 Å². The summed E-state index contributed by atoms with van der Waals surface area (Å²) in [6.45, 7) is 9.49. The molecule has 148 valence electrons. The van der Waals surface area contributed by atoms with Crippen molar-refractivity contribution in [3.05, 3.63) is 70.3 Å². The Balaban J connectivity index is 1.96. The molecular formula is C24H24ClN3S. The van der Waals surface area contributed by atoms with Gasteiger partial charge in [0, 0.05) is 22.7 Å². The first-order valence-corrected chi connectivity index (χ1v) is 11.1. The predicted octanol–water partition coefficient (Wildman–Crippen LogP) is 7.60. The van der Waals surface area contributed by atoms with Crippen LogP contribution in [0.15, 0.2) is 54.6 Å². The maximum atomic E-state index is 6.33. The zero-order valence-electron chi connectivity index (χ0n) is 17.1. The number of benzene rings is 2. The van der Waals surface area contributed by atoms with Gasteiger partial charge in [-0.2, -0.15) is 4.98 Å². The number of nitrogens with zero attached hydrogens (tertiary/aromatic N) is 3. The van der Waals surface area contributed by atoms with Crippen LogP contribution in [0.25, 0.3) is 21.3 Å². The van der Waals surface area contributed by atoms with E-state index < -0.39 is 0 Å². The standard InChI is InChI=1S/C24H24ClN3S/c1-5-28(19-9-7-6-8-10-19)22-21-20(16(4)29-23(21)27-24(25)26-22)18-13-11-17(12-14-18)15(2)3/h6-15H,5H2,1-4H3. The number of thiophene rings is 1. The van der Waals surface area contributed by atoms with E-state index in [1.54, 1.807) is 11.3 Å². The lowest BCUT2D eigenvalue weighted by Crippen LogP contribution is -2.18. The van der Waals surface area contributed by atoms with Gasteiger partial charge in [-0.25, -0.2) is 4.98 Å². The minimum absolute atomic E-state index is 0.282. The Morgan fingerprint density at radius 1 is 1.00 bits per heavy atom. The van der Waals surface area contributed by atoms with Crippen LogP contribution in [0.2, 0.25) is 5.28 Å². The molecule has 2 aromatic heterocycles. The highest BCUT2D eigenvalue weighted by Crippen LogP contribution is 2.43. The van der Waals surface area contributed by atoms with Crippen LogP contribution >= 0.6 is 22.9 Å². The molecule has 0 spiro atoms. The Kier molecular flexibility index (Phi) is 5.57. The van der Waals surface area contributed by atoms with E-state index in [-0.39, 0.29) is 5.28 Å². The predicted molar refractivity (Wildman–Crippen MR) is 126 cm³/mol. The van der Waals surface area contributed by atoms with E-state index in [0.29, 0.717) is 5.92 Å². The van der Waals surface area contributed by atoms with Crippen molar-refractivity contribution in [2.75, 3.05) is 11.4 Å². The van der Waals surface area contributed by atoms with Gasteiger partial charge in [-0.15, -0.1) is 11.3 Å². The molecule has 0 aliphatic heterocycles. The quantitative estimate of drug-likeness (QED) is 0.310. The molecule has 0 fully saturated rings. The maximum Gasteiger partial charge on any atom is 0.225 e. The monoisotopic (exact) mass is 421 g/mol. The molecule has 29 heavy (non-hydrogen) atoms. The van der Waals surface area contributed by atoms with Gasteiger partial charge in [-0.1, -0.05) is 56.3 Å². The summed E-state index contributed by atoms with van der Waals surface area (Å²) in [6, 6.07) is 19.2. The van der Waals surface area contributed by atoms with E-state index in [1.807, 2.05) is 18.2 Å². The molecule has 0 radical (unpaired) electrons. The maximum absolute atomic E-state index is 6.33. The van der Waals surface area contributed by atoms with E-state index in [9.17, 15) is 0 Å². The lowest BCUT2D eigenvalue weighted by Gasteiger charge is -2.23. The molecule has 0 N–H and O–H groups in total. The van der Waals surface area contributed by atoms with Gasteiger partial charge < -0.3 is 4.90 Å². The number of hydrogen-bond acceptors (Lipinski definition) is 4. The van der Waals surface area contributed by atoms with Crippen LogP contribution in [0.1, 0.15) is 37.1 Å². The van der Waals surface area contributed by atoms with E-state index in [1.165, 1.54) is 21.6 Å². The van der Waals surface area contributed by atoms with Crippen LogP contribution in [0.4, 0.5) is 11.5 Å². The third kappa shape index (κ3) is 3.75. The fourth-order valence-electron chi connectivity index (χ4n) is 3.71. The van der Waals surface area contributed by atoms with Crippen molar-refractivity contribution < 1.29 is 0 Å². The van der Waals surface area contributed by atoms with Crippen molar-refractivity contribution in [3.63, 3.8) is 0 Å². The molecule has 0 saturated heterocycles. The first-order valence-electron chi connectivity index (χ1n) is 9.89. The van der Waals surface area contributed by atoms with E-state index in [4.69, 9.17) is 11.6 Å². The highest BCUT2D eigenvalue weighted by Gasteiger charge is 2.22.